The molecule has 1 aliphatic rings. The summed E-state index contributed by atoms with van der Waals surface area (Å²) in [4.78, 5) is 36.5. The number of nitrogens with one attached hydrogen (secondary N) is 1. The average Bonchev–Trinajstić information content (AvgIpc) is 3.15. The van der Waals surface area contributed by atoms with Crippen LogP contribution in [0.1, 0.15) is 15.9 Å². The predicted molar refractivity (Wildman–Crippen MR) is 106 cm³/mol. The van der Waals surface area contributed by atoms with Gasteiger partial charge in [-0.15, -0.1) is 0 Å². The number of hydrogen-bond donors (Lipinski definition) is 1. The molecule has 1 fully saturated rings. The van der Waals surface area contributed by atoms with Crippen molar-refractivity contribution in [2.75, 3.05) is 22.9 Å². The Morgan fingerprint density at radius 2 is 1.79 bits per heavy atom. The largest absolute Gasteiger partial charge is 0.348 e. The second kappa shape index (κ2) is 7.87. The van der Waals surface area contributed by atoms with Crippen LogP contribution in [0.25, 0.3) is 0 Å². The monoisotopic (exact) mass is 373 g/mol. The molecule has 7 nitrogen and oxygen atoms in total. The standard InChI is InChI=1S/C21H19N5O2/c27-20(17-5-4-10-22-15-17)24-14-16-8-9-19(23-13-16)26-12-11-25(21(26)28)18-6-2-1-3-7-18/h1-10,13,15H,11-12,14H2,(H,24,27). The van der Waals surface area contributed by atoms with Crippen LogP contribution in [-0.4, -0.2) is 35.0 Å². The van der Waals surface area contributed by atoms with Crippen LogP contribution in [0.5, 0.6) is 0 Å². The first-order valence-corrected chi connectivity index (χ1v) is 8.99. The van der Waals surface area contributed by atoms with Gasteiger partial charge >= 0.3 is 6.03 Å². The Balaban J connectivity index is 1.38. The van der Waals surface area contributed by atoms with Crippen LogP contribution >= 0.6 is 0 Å². The van der Waals surface area contributed by atoms with Crippen LogP contribution in [0.4, 0.5) is 16.3 Å². The number of carbonyl (C=O) groups is 2. The van der Waals surface area contributed by atoms with Gasteiger partial charge in [-0.3, -0.25) is 19.6 Å². The minimum Gasteiger partial charge on any atom is -0.348 e. The van der Waals surface area contributed by atoms with Crippen LogP contribution in [0.15, 0.2) is 73.2 Å². The summed E-state index contributed by atoms with van der Waals surface area (Å²) < 4.78 is 0. The van der Waals surface area contributed by atoms with Gasteiger partial charge in [0.25, 0.3) is 5.91 Å². The van der Waals surface area contributed by atoms with Crippen LogP contribution in [-0.2, 0) is 6.54 Å². The lowest BCUT2D eigenvalue weighted by Gasteiger charge is -2.18. The number of hydrogen-bond acceptors (Lipinski definition) is 4. The lowest BCUT2D eigenvalue weighted by molar-refractivity contribution is 0.0950. The average molecular weight is 373 g/mol. The second-order valence-electron chi connectivity index (χ2n) is 6.37. The molecule has 0 unspecified atom stereocenters. The van der Waals surface area contributed by atoms with Crippen molar-refractivity contribution in [3.63, 3.8) is 0 Å². The Hall–Kier alpha value is -3.74. The number of para-hydroxylation sites is 1. The molecule has 1 aliphatic heterocycles. The molecule has 2 aromatic heterocycles. The number of aromatic nitrogens is 2. The molecular weight excluding hydrogens is 354 g/mol. The van der Waals surface area contributed by atoms with Crippen molar-refractivity contribution in [1.29, 1.82) is 0 Å². The summed E-state index contributed by atoms with van der Waals surface area (Å²) in [5.41, 5.74) is 2.24. The van der Waals surface area contributed by atoms with E-state index in [0.29, 0.717) is 31.0 Å². The number of anilines is 2. The van der Waals surface area contributed by atoms with Crippen molar-refractivity contribution in [3.05, 3.63) is 84.3 Å². The molecule has 0 bridgehead atoms. The molecule has 0 aliphatic carbocycles. The van der Waals surface area contributed by atoms with Gasteiger partial charge in [0.1, 0.15) is 5.82 Å². The first-order valence-electron chi connectivity index (χ1n) is 8.99. The second-order valence-corrected chi connectivity index (χ2v) is 6.37. The Morgan fingerprint density at radius 3 is 2.50 bits per heavy atom. The van der Waals surface area contributed by atoms with Crippen molar-refractivity contribution in [2.24, 2.45) is 0 Å². The number of carbonyl (C=O) groups excluding carboxylic acids is 2. The molecule has 0 spiro atoms. The van der Waals surface area contributed by atoms with Crippen LogP contribution in [0, 0.1) is 0 Å². The molecule has 140 valence electrons. The molecule has 0 radical (unpaired) electrons. The van der Waals surface area contributed by atoms with Crippen molar-refractivity contribution in [3.8, 4) is 0 Å². The highest BCUT2D eigenvalue weighted by molar-refractivity contribution is 6.05. The molecule has 1 aromatic carbocycles. The van der Waals surface area contributed by atoms with Gasteiger partial charge in [-0.05, 0) is 35.9 Å². The molecule has 1 N–H and O–H groups in total. The summed E-state index contributed by atoms with van der Waals surface area (Å²) in [6, 6.07) is 16.6. The maximum absolute atomic E-state index is 12.7. The van der Waals surface area contributed by atoms with Gasteiger partial charge in [-0.1, -0.05) is 24.3 Å². The molecule has 4 rings (SSSR count). The summed E-state index contributed by atoms with van der Waals surface area (Å²) >= 11 is 0. The fourth-order valence-electron chi connectivity index (χ4n) is 3.06. The van der Waals surface area contributed by atoms with Gasteiger partial charge in [0.15, 0.2) is 0 Å². The van der Waals surface area contributed by atoms with E-state index < -0.39 is 0 Å². The van der Waals surface area contributed by atoms with E-state index in [2.05, 4.69) is 15.3 Å². The Kier molecular flexibility index (Phi) is 4.97. The third-order valence-corrected chi connectivity index (χ3v) is 4.54. The molecular formula is C21H19N5O2. The number of rotatable bonds is 5. The first kappa shape index (κ1) is 17.7. The van der Waals surface area contributed by atoms with Gasteiger partial charge in [0.05, 0.1) is 5.56 Å². The van der Waals surface area contributed by atoms with E-state index in [9.17, 15) is 9.59 Å². The predicted octanol–water partition coefficient (Wildman–Crippen LogP) is 2.85. The van der Waals surface area contributed by atoms with Gasteiger partial charge in [0.2, 0.25) is 0 Å². The zero-order valence-electron chi connectivity index (χ0n) is 15.2. The smallest absolute Gasteiger partial charge is 0.330 e. The van der Waals surface area contributed by atoms with Crippen LogP contribution in [0.3, 0.4) is 0 Å². The van der Waals surface area contributed by atoms with E-state index in [4.69, 9.17) is 0 Å². The van der Waals surface area contributed by atoms with Gasteiger partial charge in [-0.2, -0.15) is 0 Å². The van der Waals surface area contributed by atoms with Crippen molar-refractivity contribution in [1.82, 2.24) is 15.3 Å². The molecule has 3 aromatic rings. The molecule has 28 heavy (non-hydrogen) atoms. The van der Waals surface area contributed by atoms with Gasteiger partial charge in [0, 0.05) is 43.9 Å². The van der Waals surface area contributed by atoms with E-state index >= 15 is 0 Å². The van der Waals surface area contributed by atoms with Crippen LogP contribution < -0.4 is 15.1 Å². The third-order valence-electron chi connectivity index (χ3n) is 4.54. The topological polar surface area (TPSA) is 78.4 Å². The Labute approximate surface area is 162 Å². The number of benzene rings is 1. The molecule has 3 heterocycles. The van der Waals surface area contributed by atoms with E-state index in [1.807, 2.05) is 36.4 Å². The van der Waals surface area contributed by atoms with Crippen molar-refractivity contribution >= 4 is 23.4 Å². The lowest BCUT2D eigenvalue weighted by atomic mass is 10.2. The van der Waals surface area contributed by atoms with E-state index in [1.54, 1.807) is 40.4 Å². The molecule has 7 heteroatoms. The summed E-state index contributed by atoms with van der Waals surface area (Å²) in [7, 11) is 0. The number of nitrogens with zero attached hydrogens (tertiary/aromatic N) is 4. The Morgan fingerprint density at radius 1 is 0.964 bits per heavy atom. The normalized spacial score (nSPS) is 13.6. The number of urea groups is 1. The number of pyridine rings is 2. The summed E-state index contributed by atoms with van der Waals surface area (Å²) in [6.45, 7) is 1.55. The lowest BCUT2D eigenvalue weighted by Crippen LogP contribution is -2.32. The quantitative estimate of drug-likeness (QED) is 0.746. The van der Waals surface area contributed by atoms with Gasteiger partial charge in [-0.25, -0.2) is 9.78 Å². The summed E-state index contributed by atoms with van der Waals surface area (Å²) in [5.74, 6) is 0.413. The van der Waals surface area contributed by atoms with Crippen LogP contribution in [0.2, 0.25) is 0 Å². The first-order chi connectivity index (χ1) is 13.7. The summed E-state index contributed by atoms with van der Waals surface area (Å²) in [5, 5.41) is 2.83. The highest BCUT2D eigenvalue weighted by Gasteiger charge is 2.31. The zero-order chi connectivity index (χ0) is 19.3. The third kappa shape index (κ3) is 3.68. The molecule has 0 saturated carbocycles. The zero-order valence-corrected chi connectivity index (χ0v) is 15.2. The van der Waals surface area contributed by atoms with E-state index in [-0.39, 0.29) is 11.9 Å². The maximum Gasteiger partial charge on any atom is 0.330 e. The Bertz CT molecular complexity index is 961. The minimum atomic E-state index is -0.189. The van der Waals surface area contributed by atoms with Crippen molar-refractivity contribution in [2.45, 2.75) is 6.54 Å². The summed E-state index contributed by atoms with van der Waals surface area (Å²) in [6.07, 6.45) is 4.82. The fourth-order valence-corrected chi connectivity index (χ4v) is 3.06. The minimum absolute atomic E-state index is 0.0867. The fraction of sp³-hybridized carbons (Fsp3) is 0.143. The van der Waals surface area contributed by atoms with E-state index in [0.717, 1.165) is 11.3 Å². The van der Waals surface area contributed by atoms with E-state index in [1.165, 1.54) is 6.20 Å². The molecule has 3 amide bonds. The highest BCUT2D eigenvalue weighted by Crippen LogP contribution is 2.23. The molecule has 0 atom stereocenters. The van der Waals surface area contributed by atoms with Gasteiger partial charge < -0.3 is 5.32 Å². The molecule has 1 saturated heterocycles. The highest BCUT2D eigenvalue weighted by atomic mass is 16.2. The maximum atomic E-state index is 12.7. The SMILES string of the molecule is O=C(NCc1ccc(N2CCN(c3ccccc3)C2=O)nc1)c1cccnc1. The number of amides is 3. The van der Waals surface area contributed by atoms with Crippen molar-refractivity contribution < 1.29 is 9.59 Å².